The van der Waals surface area contributed by atoms with Crippen molar-refractivity contribution in [3.8, 4) is 0 Å². The summed E-state index contributed by atoms with van der Waals surface area (Å²) >= 11 is 3.17. The summed E-state index contributed by atoms with van der Waals surface area (Å²) in [6.45, 7) is 3.73. The van der Waals surface area contributed by atoms with Crippen LogP contribution in [0, 0.1) is 5.82 Å². The molecule has 0 aromatic heterocycles. The Hall–Kier alpha value is -0.410. The molecule has 0 atom stereocenters. The van der Waals surface area contributed by atoms with Crippen molar-refractivity contribution in [1.29, 1.82) is 0 Å². The van der Waals surface area contributed by atoms with Crippen LogP contribution in [-0.2, 0) is 5.41 Å². The van der Waals surface area contributed by atoms with Crippen LogP contribution in [0.3, 0.4) is 0 Å². The molecular weight excluding hydrogens is 235 g/mol. The minimum absolute atomic E-state index is 0.00491. The van der Waals surface area contributed by atoms with E-state index < -0.39 is 5.41 Å². The minimum atomic E-state index is -0.416. The Balaban J connectivity index is 3.22. The highest BCUT2D eigenvalue weighted by molar-refractivity contribution is 9.10. The topological polar surface area (TPSA) is 20.2 Å². The molecule has 0 saturated carbocycles. The van der Waals surface area contributed by atoms with Crippen LogP contribution in [0.2, 0.25) is 0 Å². The second-order valence-electron chi connectivity index (χ2n) is 3.64. The van der Waals surface area contributed by atoms with Gasteiger partial charge in [-0.05, 0) is 27.6 Å². The molecule has 0 unspecified atom stereocenters. The van der Waals surface area contributed by atoms with E-state index in [0.717, 1.165) is 5.56 Å². The van der Waals surface area contributed by atoms with Gasteiger partial charge in [-0.1, -0.05) is 26.0 Å². The predicted molar refractivity (Wildman–Crippen MR) is 54.2 cm³/mol. The molecule has 0 aliphatic rings. The maximum atomic E-state index is 13.1. The van der Waals surface area contributed by atoms with Crippen LogP contribution < -0.4 is 0 Å². The number of rotatable bonds is 2. The summed E-state index contributed by atoms with van der Waals surface area (Å²) in [6, 6.07) is 4.84. The molecule has 0 amide bonds. The zero-order valence-corrected chi connectivity index (χ0v) is 9.23. The van der Waals surface area contributed by atoms with Crippen LogP contribution in [0.5, 0.6) is 0 Å². The first-order valence-electron chi connectivity index (χ1n) is 4.04. The van der Waals surface area contributed by atoms with Crippen LogP contribution in [0.25, 0.3) is 0 Å². The Morgan fingerprint density at radius 3 is 2.62 bits per heavy atom. The van der Waals surface area contributed by atoms with Gasteiger partial charge in [0.15, 0.2) is 0 Å². The first kappa shape index (κ1) is 10.7. The average molecular weight is 247 g/mol. The smallest absolute Gasteiger partial charge is 0.137 e. The maximum absolute atomic E-state index is 13.1. The molecule has 0 bridgehead atoms. The summed E-state index contributed by atoms with van der Waals surface area (Å²) in [5.41, 5.74) is 0.371. The fraction of sp³-hybridized carbons (Fsp3) is 0.400. The average Bonchev–Trinajstić information content (AvgIpc) is 2.09. The predicted octanol–water partition coefficient (Wildman–Crippen LogP) is 2.86. The second-order valence-corrected chi connectivity index (χ2v) is 4.44. The quantitative estimate of drug-likeness (QED) is 0.851. The van der Waals surface area contributed by atoms with E-state index in [-0.39, 0.29) is 12.4 Å². The number of hydrogen-bond acceptors (Lipinski definition) is 1. The Kier molecular flexibility index (Phi) is 3.09. The Morgan fingerprint density at radius 1 is 1.46 bits per heavy atom. The molecule has 1 nitrogen and oxygen atoms in total. The summed E-state index contributed by atoms with van der Waals surface area (Å²) in [5.74, 6) is -0.293. The van der Waals surface area contributed by atoms with Gasteiger partial charge in [0, 0.05) is 5.41 Å². The zero-order chi connectivity index (χ0) is 10.1. The van der Waals surface area contributed by atoms with Gasteiger partial charge in [-0.3, -0.25) is 0 Å². The van der Waals surface area contributed by atoms with E-state index in [1.807, 2.05) is 19.9 Å². The van der Waals surface area contributed by atoms with Gasteiger partial charge in [0.2, 0.25) is 0 Å². The van der Waals surface area contributed by atoms with Crippen LogP contribution >= 0.6 is 15.9 Å². The van der Waals surface area contributed by atoms with Gasteiger partial charge in [0.25, 0.3) is 0 Å². The second kappa shape index (κ2) is 3.76. The molecule has 1 N–H and O–H groups in total. The zero-order valence-electron chi connectivity index (χ0n) is 7.64. The first-order chi connectivity index (χ1) is 5.99. The minimum Gasteiger partial charge on any atom is -0.395 e. The molecule has 0 radical (unpaired) electrons. The largest absolute Gasteiger partial charge is 0.395 e. The molecule has 0 aliphatic heterocycles. The molecule has 1 rings (SSSR count). The highest BCUT2D eigenvalue weighted by Crippen LogP contribution is 2.31. The molecule has 1 aromatic rings. The van der Waals surface area contributed by atoms with Crippen LogP contribution in [0.15, 0.2) is 22.7 Å². The van der Waals surface area contributed by atoms with E-state index in [2.05, 4.69) is 15.9 Å². The number of aliphatic hydroxyl groups excluding tert-OH is 1. The van der Waals surface area contributed by atoms with Gasteiger partial charge < -0.3 is 5.11 Å². The Morgan fingerprint density at radius 2 is 2.08 bits per heavy atom. The monoisotopic (exact) mass is 246 g/mol. The van der Waals surface area contributed by atoms with Crippen molar-refractivity contribution in [3.05, 3.63) is 34.1 Å². The molecule has 3 heteroatoms. The van der Waals surface area contributed by atoms with E-state index in [1.54, 1.807) is 6.07 Å². The number of benzene rings is 1. The molecule has 0 saturated heterocycles. The van der Waals surface area contributed by atoms with Crippen molar-refractivity contribution in [3.63, 3.8) is 0 Å². The van der Waals surface area contributed by atoms with E-state index >= 15 is 0 Å². The number of halogens is 2. The van der Waals surface area contributed by atoms with Crippen LogP contribution in [0.1, 0.15) is 19.4 Å². The summed E-state index contributed by atoms with van der Waals surface area (Å²) in [7, 11) is 0. The van der Waals surface area contributed by atoms with Crippen molar-refractivity contribution in [1.82, 2.24) is 0 Å². The van der Waals surface area contributed by atoms with E-state index in [9.17, 15) is 4.39 Å². The van der Waals surface area contributed by atoms with E-state index in [1.165, 1.54) is 6.07 Å². The van der Waals surface area contributed by atoms with Gasteiger partial charge in [0.1, 0.15) is 5.82 Å². The third-order valence-corrected chi connectivity index (χ3v) is 2.88. The normalized spacial score (nSPS) is 11.8. The van der Waals surface area contributed by atoms with Crippen molar-refractivity contribution < 1.29 is 9.50 Å². The maximum Gasteiger partial charge on any atom is 0.137 e. The lowest BCUT2D eigenvalue weighted by atomic mass is 9.86. The van der Waals surface area contributed by atoms with Crippen molar-refractivity contribution in [2.45, 2.75) is 19.3 Å². The van der Waals surface area contributed by atoms with Gasteiger partial charge in [0.05, 0.1) is 11.1 Å². The molecule has 1 aromatic carbocycles. The van der Waals surface area contributed by atoms with Crippen molar-refractivity contribution in [2.75, 3.05) is 6.61 Å². The summed E-state index contributed by atoms with van der Waals surface area (Å²) < 4.78 is 13.6. The lowest BCUT2D eigenvalue weighted by Gasteiger charge is -2.23. The molecule has 0 aliphatic carbocycles. The Labute approximate surface area is 85.7 Å². The Bertz CT molecular complexity index is 310. The number of aliphatic hydroxyl groups is 1. The molecule has 0 heterocycles. The summed E-state index contributed by atoms with van der Waals surface area (Å²) in [6.07, 6.45) is 0. The molecule has 0 spiro atoms. The van der Waals surface area contributed by atoms with E-state index in [4.69, 9.17) is 5.11 Å². The van der Waals surface area contributed by atoms with Crippen molar-refractivity contribution in [2.24, 2.45) is 0 Å². The van der Waals surface area contributed by atoms with E-state index in [0.29, 0.717) is 4.47 Å². The van der Waals surface area contributed by atoms with Gasteiger partial charge in [-0.25, -0.2) is 4.39 Å². The lowest BCUT2D eigenvalue weighted by molar-refractivity contribution is 0.217. The molecule has 0 fully saturated rings. The third kappa shape index (κ3) is 2.09. The molecular formula is C10H12BrFO. The van der Waals surface area contributed by atoms with Crippen LogP contribution in [-0.4, -0.2) is 11.7 Å². The van der Waals surface area contributed by atoms with Crippen LogP contribution in [0.4, 0.5) is 4.39 Å². The molecule has 13 heavy (non-hydrogen) atoms. The lowest BCUT2D eigenvalue weighted by Crippen LogP contribution is -2.22. The fourth-order valence-electron chi connectivity index (χ4n) is 1.11. The highest BCUT2D eigenvalue weighted by Gasteiger charge is 2.23. The number of hydrogen-bond donors (Lipinski definition) is 1. The van der Waals surface area contributed by atoms with Gasteiger partial charge in [-0.2, -0.15) is 0 Å². The standard InChI is InChI=1S/C10H12BrFO/c1-10(2,6-13)7-4-3-5-8(12)9(7)11/h3-5,13H,6H2,1-2H3. The SMILES string of the molecule is CC(C)(CO)c1cccc(F)c1Br. The van der Waals surface area contributed by atoms with Crippen molar-refractivity contribution >= 4 is 15.9 Å². The fourth-order valence-corrected chi connectivity index (χ4v) is 1.91. The van der Waals surface area contributed by atoms with Gasteiger partial charge in [-0.15, -0.1) is 0 Å². The first-order valence-corrected chi connectivity index (χ1v) is 4.83. The summed E-state index contributed by atoms with van der Waals surface area (Å²) in [5, 5.41) is 9.12. The third-order valence-electron chi connectivity index (χ3n) is 2.08. The van der Waals surface area contributed by atoms with Gasteiger partial charge >= 0.3 is 0 Å². The summed E-state index contributed by atoms with van der Waals surface area (Å²) in [4.78, 5) is 0. The molecule has 72 valence electrons. The highest BCUT2D eigenvalue weighted by atomic mass is 79.9.